The molecule has 1 aliphatic heterocycles. The highest BCUT2D eigenvalue weighted by atomic mass is 32.2. The molecule has 2 fully saturated rings. The molecule has 3 heteroatoms. The van der Waals surface area contributed by atoms with E-state index in [4.69, 9.17) is 0 Å². The molecule has 2 aliphatic rings. The second-order valence-electron chi connectivity index (χ2n) is 6.11. The summed E-state index contributed by atoms with van der Waals surface area (Å²) in [6.45, 7) is 6.18. The third kappa shape index (κ3) is 3.64. The van der Waals surface area contributed by atoms with E-state index in [1.54, 1.807) is 0 Å². The summed E-state index contributed by atoms with van der Waals surface area (Å²) < 4.78 is 0. The van der Waals surface area contributed by atoms with E-state index in [0.717, 1.165) is 6.04 Å². The Bertz CT molecular complexity index is 239. The first-order valence-corrected chi connectivity index (χ1v) is 9.17. The molecule has 1 N–H and O–H groups in total. The van der Waals surface area contributed by atoms with Gasteiger partial charge < -0.3 is 5.32 Å². The lowest BCUT2D eigenvalue weighted by Crippen LogP contribution is -2.54. The number of thioether (sulfide) groups is 1. The van der Waals surface area contributed by atoms with E-state index in [1.807, 2.05) is 11.8 Å². The maximum absolute atomic E-state index is 3.90. The molecule has 1 saturated heterocycles. The van der Waals surface area contributed by atoms with Crippen LogP contribution in [0.1, 0.15) is 51.9 Å². The maximum atomic E-state index is 3.90. The lowest BCUT2D eigenvalue weighted by atomic mass is 9.81. The molecule has 0 amide bonds. The molecule has 0 aromatic carbocycles. The Hall–Kier alpha value is 0.270. The van der Waals surface area contributed by atoms with E-state index in [1.165, 1.54) is 70.3 Å². The van der Waals surface area contributed by atoms with Crippen LogP contribution in [0.25, 0.3) is 0 Å². The predicted molar refractivity (Wildman–Crippen MR) is 82.5 cm³/mol. The fourth-order valence-electron chi connectivity index (χ4n) is 3.71. The van der Waals surface area contributed by atoms with Crippen molar-refractivity contribution in [2.45, 2.75) is 63.5 Å². The lowest BCUT2D eigenvalue weighted by molar-refractivity contribution is 0.134. The van der Waals surface area contributed by atoms with Crippen molar-refractivity contribution in [2.75, 3.05) is 31.6 Å². The Morgan fingerprint density at radius 1 is 1.22 bits per heavy atom. The largest absolute Gasteiger partial charge is 0.310 e. The molecule has 106 valence electrons. The van der Waals surface area contributed by atoms with Crippen molar-refractivity contribution in [3.05, 3.63) is 0 Å². The molecule has 1 aliphatic carbocycles. The van der Waals surface area contributed by atoms with Gasteiger partial charge in [-0.3, -0.25) is 4.90 Å². The molecular formula is C15H30N2S. The summed E-state index contributed by atoms with van der Waals surface area (Å²) in [5.41, 5.74) is 0.459. The number of hydrogen-bond acceptors (Lipinski definition) is 3. The molecule has 2 nitrogen and oxygen atoms in total. The zero-order valence-corrected chi connectivity index (χ0v) is 13.0. The second-order valence-corrected chi connectivity index (χ2v) is 7.02. The SMILES string of the molecule is CCC(CSC)N1CCCNC2(CCCCC2)C1. The highest BCUT2D eigenvalue weighted by Gasteiger charge is 2.36. The third-order valence-corrected chi connectivity index (χ3v) is 5.50. The van der Waals surface area contributed by atoms with Gasteiger partial charge in [0.25, 0.3) is 0 Å². The normalized spacial score (nSPS) is 27.0. The maximum Gasteiger partial charge on any atom is 0.0308 e. The summed E-state index contributed by atoms with van der Waals surface area (Å²) in [6, 6.07) is 0.790. The van der Waals surface area contributed by atoms with E-state index in [0.29, 0.717) is 5.54 Å². The van der Waals surface area contributed by atoms with Gasteiger partial charge in [-0.05, 0) is 45.0 Å². The molecule has 1 unspecified atom stereocenters. The summed E-state index contributed by atoms with van der Waals surface area (Å²) in [4.78, 5) is 2.79. The monoisotopic (exact) mass is 270 g/mol. The van der Waals surface area contributed by atoms with Gasteiger partial charge in [0, 0.05) is 23.9 Å². The van der Waals surface area contributed by atoms with Crippen molar-refractivity contribution in [3.63, 3.8) is 0 Å². The molecule has 0 aromatic heterocycles. The minimum Gasteiger partial charge on any atom is -0.310 e. The van der Waals surface area contributed by atoms with Crippen LogP contribution in [0, 0.1) is 0 Å². The van der Waals surface area contributed by atoms with Gasteiger partial charge in [0.05, 0.1) is 0 Å². The Kier molecular flexibility index (Phi) is 5.84. The first kappa shape index (κ1) is 14.7. The van der Waals surface area contributed by atoms with Crippen molar-refractivity contribution in [3.8, 4) is 0 Å². The molecule has 1 atom stereocenters. The molecule has 0 aromatic rings. The van der Waals surface area contributed by atoms with Crippen molar-refractivity contribution in [1.29, 1.82) is 0 Å². The average molecular weight is 270 g/mol. The van der Waals surface area contributed by atoms with Gasteiger partial charge in [-0.2, -0.15) is 11.8 Å². The smallest absolute Gasteiger partial charge is 0.0308 e. The number of hydrogen-bond donors (Lipinski definition) is 1. The van der Waals surface area contributed by atoms with Crippen LogP contribution in [-0.2, 0) is 0 Å². The van der Waals surface area contributed by atoms with E-state index < -0.39 is 0 Å². The van der Waals surface area contributed by atoms with Gasteiger partial charge in [0.1, 0.15) is 0 Å². The van der Waals surface area contributed by atoms with E-state index in [9.17, 15) is 0 Å². The summed E-state index contributed by atoms with van der Waals surface area (Å²) in [7, 11) is 0. The highest BCUT2D eigenvalue weighted by molar-refractivity contribution is 7.98. The van der Waals surface area contributed by atoms with Gasteiger partial charge in [-0.1, -0.05) is 26.2 Å². The van der Waals surface area contributed by atoms with Gasteiger partial charge in [0.15, 0.2) is 0 Å². The quantitative estimate of drug-likeness (QED) is 0.845. The van der Waals surface area contributed by atoms with Crippen molar-refractivity contribution in [1.82, 2.24) is 10.2 Å². The van der Waals surface area contributed by atoms with E-state index in [-0.39, 0.29) is 0 Å². The molecule has 0 radical (unpaired) electrons. The number of nitrogens with one attached hydrogen (secondary N) is 1. The van der Waals surface area contributed by atoms with Crippen LogP contribution >= 0.6 is 11.8 Å². The molecule has 1 saturated carbocycles. The molecule has 2 rings (SSSR count). The average Bonchev–Trinajstić information content (AvgIpc) is 2.60. The van der Waals surface area contributed by atoms with Crippen LogP contribution < -0.4 is 5.32 Å². The van der Waals surface area contributed by atoms with Crippen LogP contribution in [0.15, 0.2) is 0 Å². The van der Waals surface area contributed by atoms with E-state index in [2.05, 4.69) is 23.4 Å². The Balaban J connectivity index is 2.01. The van der Waals surface area contributed by atoms with Crippen LogP contribution in [0.4, 0.5) is 0 Å². The Labute approximate surface area is 117 Å². The van der Waals surface area contributed by atoms with Crippen molar-refractivity contribution < 1.29 is 0 Å². The van der Waals surface area contributed by atoms with Gasteiger partial charge in [-0.15, -0.1) is 0 Å². The lowest BCUT2D eigenvalue weighted by Gasteiger charge is -2.42. The fraction of sp³-hybridized carbons (Fsp3) is 1.00. The first-order chi connectivity index (χ1) is 8.79. The van der Waals surface area contributed by atoms with Crippen LogP contribution in [0.3, 0.4) is 0 Å². The zero-order chi connectivity index (χ0) is 12.8. The summed E-state index contributed by atoms with van der Waals surface area (Å²) in [6.07, 6.45) is 12.0. The van der Waals surface area contributed by atoms with Crippen LogP contribution in [-0.4, -0.2) is 48.1 Å². The van der Waals surface area contributed by atoms with Crippen LogP contribution in [0.5, 0.6) is 0 Å². The van der Waals surface area contributed by atoms with E-state index >= 15 is 0 Å². The molecule has 0 bridgehead atoms. The number of rotatable bonds is 4. The highest BCUT2D eigenvalue weighted by Crippen LogP contribution is 2.31. The topological polar surface area (TPSA) is 15.3 Å². The molecule has 1 spiro atoms. The van der Waals surface area contributed by atoms with Crippen LogP contribution in [0.2, 0.25) is 0 Å². The van der Waals surface area contributed by atoms with Crippen molar-refractivity contribution in [2.24, 2.45) is 0 Å². The summed E-state index contributed by atoms with van der Waals surface area (Å²) in [5.74, 6) is 1.30. The summed E-state index contributed by atoms with van der Waals surface area (Å²) in [5, 5.41) is 3.90. The number of nitrogens with zero attached hydrogens (tertiary/aromatic N) is 1. The minimum atomic E-state index is 0.459. The standard InChI is InChI=1S/C15H30N2S/c1-3-14(12-18-2)17-11-7-10-16-15(13-17)8-5-4-6-9-15/h14,16H,3-13H2,1-2H3. The molecule has 1 heterocycles. The predicted octanol–water partition coefficient (Wildman–Crippen LogP) is 3.13. The Morgan fingerprint density at radius 3 is 2.67 bits per heavy atom. The van der Waals surface area contributed by atoms with Gasteiger partial charge in [-0.25, -0.2) is 0 Å². The zero-order valence-electron chi connectivity index (χ0n) is 12.2. The molecular weight excluding hydrogens is 240 g/mol. The molecule has 18 heavy (non-hydrogen) atoms. The van der Waals surface area contributed by atoms with Crippen molar-refractivity contribution >= 4 is 11.8 Å². The minimum absolute atomic E-state index is 0.459. The second kappa shape index (κ2) is 7.16. The van der Waals surface area contributed by atoms with Gasteiger partial charge in [0.2, 0.25) is 0 Å². The van der Waals surface area contributed by atoms with Gasteiger partial charge >= 0.3 is 0 Å². The first-order valence-electron chi connectivity index (χ1n) is 7.78. The summed E-state index contributed by atoms with van der Waals surface area (Å²) >= 11 is 2.01. The Morgan fingerprint density at radius 2 is 2.00 bits per heavy atom. The fourth-order valence-corrected chi connectivity index (χ4v) is 4.54. The third-order valence-electron chi connectivity index (χ3n) is 4.79.